The number of hydrogen-bond donors (Lipinski definition) is 1. The van der Waals surface area contributed by atoms with Crippen LogP contribution in [0.3, 0.4) is 0 Å². The molecule has 1 N–H and O–H groups in total. The smallest absolute Gasteiger partial charge is 0.226 e. The number of nitrogens with zero attached hydrogens (tertiary/aromatic N) is 3. The van der Waals surface area contributed by atoms with Crippen molar-refractivity contribution in [3.63, 3.8) is 0 Å². The van der Waals surface area contributed by atoms with Crippen LogP contribution in [0, 0.1) is 0 Å². The molecule has 0 bridgehead atoms. The number of thiophene rings is 1. The molecule has 166 valence electrons. The van der Waals surface area contributed by atoms with Crippen LogP contribution in [-0.2, 0) is 0 Å². The molecule has 0 spiro atoms. The van der Waals surface area contributed by atoms with Crippen molar-refractivity contribution in [1.82, 2.24) is 14.8 Å². The van der Waals surface area contributed by atoms with E-state index >= 15 is 0 Å². The van der Waals surface area contributed by atoms with Gasteiger partial charge in [0.25, 0.3) is 0 Å². The summed E-state index contributed by atoms with van der Waals surface area (Å²) >= 11 is 1.70. The number of methoxy groups -OCH3 is 1. The van der Waals surface area contributed by atoms with Crippen molar-refractivity contribution in [3.05, 3.63) is 87.9 Å². The van der Waals surface area contributed by atoms with Crippen molar-refractivity contribution in [2.45, 2.75) is 19.1 Å². The molecule has 0 saturated carbocycles. The third-order valence-electron chi connectivity index (χ3n) is 5.92. The third kappa shape index (κ3) is 3.17. The van der Waals surface area contributed by atoms with E-state index < -0.39 is 0 Å². The van der Waals surface area contributed by atoms with Gasteiger partial charge in [-0.1, -0.05) is 24.3 Å². The highest BCUT2D eigenvalue weighted by Gasteiger charge is 2.41. The van der Waals surface area contributed by atoms with Crippen LogP contribution in [0.25, 0.3) is 5.70 Å². The first kappa shape index (κ1) is 19.9. The van der Waals surface area contributed by atoms with Crippen LogP contribution in [0.4, 0.5) is 5.95 Å². The zero-order valence-electron chi connectivity index (χ0n) is 18.2. The van der Waals surface area contributed by atoms with Crippen LogP contribution >= 0.6 is 11.3 Å². The van der Waals surface area contributed by atoms with E-state index in [0.29, 0.717) is 24.1 Å². The topological polar surface area (TPSA) is 70.4 Å². The fourth-order valence-electron chi connectivity index (χ4n) is 4.53. The molecule has 7 nitrogen and oxygen atoms in total. The monoisotopic (exact) mass is 458 g/mol. The van der Waals surface area contributed by atoms with Gasteiger partial charge in [-0.2, -0.15) is 10.1 Å². The summed E-state index contributed by atoms with van der Waals surface area (Å²) in [5.74, 6) is 2.92. The van der Waals surface area contributed by atoms with E-state index in [1.165, 1.54) is 4.88 Å². The second kappa shape index (κ2) is 7.97. The predicted molar refractivity (Wildman–Crippen MR) is 127 cm³/mol. The molecule has 6 rings (SSSR count). The SMILES string of the molecule is CCOc1ccc([C@H]2Oc3ccccc3C3=C2[C@@H](c2cccs2)n2ncnc2N3)cc1OC. The zero-order chi connectivity index (χ0) is 22.4. The lowest BCUT2D eigenvalue weighted by Crippen LogP contribution is -2.32. The Morgan fingerprint density at radius 1 is 1.12 bits per heavy atom. The van der Waals surface area contributed by atoms with Crippen molar-refractivity contribution in [1.29, 1.82) is 0 Å². The van der Waals surface area contributed by atoms with Gasteiger partial charge in [0.05, 0.1) is 19.4 Å². The summed E-state index contributed by atoms with van der Waals surface area (Å²) in [5, 5.41) is 10.2. The average molecular weight is 459 g/mol. The Labute approximate surface area is 195 Å². The summed E-state index contributed by atoms with van der Waals surface area (Å²) in [5.41, 5.74) is 4.08. The van der Waals surface area contributed by atoms with Crippen molar-refractivity contribution < 1.29 is 14.2 Å². The fraction of sp³-hybridized carbons (Fsp3) is 0.200. The number of fused-ring (bicyclic) bond motifs is 3. The van der Waals surface area contributed by atoms with E-state index in [2.05, 4.69) is 39.0 Å². The van der Waals surface area contributed by atoms with Crippen molar-refractivity contribution in [3.8, 4) is 17.2 Å². The van der Waals surface area contributed by atoms with Gasteiger partial charge < -0.3 is 19.5 Å². The number of anilines is 1. The molecule has 0 unspecified atom stereocenters. The third-order valence-corrected chi connectivity index (χ3v) is 6.85. The Morgan fingerprint density at radius 2 is 2.03 bits per heavy atom. The van der Waals surface area contributed by atoms with Gasteiger partial charge in [0, 0.05) is 21.6 Å². The highest BCUT2D eigenvalue weighted by Crippen LogP contribution is 2.51. The highest BCUT2D eigenvalue weighted by molar-refractivity contribution is 7.10. The summed E-state index contributed by atoms with van der Waals surface area (Å²) in [6, 6.07) is 18.1. The van der Waals surface area contributed by atoms with Gasteiger partial charge in [0.1, 0.15) is 24.2 Å². The van der Waals surface area contributed by atoms with Crippen LogP contribution in [-0.4, -0.2) is 28.5 Å². The van der Waals surface area contributed by atoms with Crippen molar-refractivity contribution >= 4 is 23.0 Å². The predicted octanol–water partition coefficient (Wildman–Crippen LogP) is 5.31. The van der Waals surface area contributed by atoms with Gasteiger partial charge in [0.15, 0.2) is 11.5 Å². The summed E-state index contributed by atoms with van der Waals surface area (Å²) in [4.78, 5) is 5.64. The molecule has 4 heterocycles. The minimum Gasteiger partial charge on any atom is -0.493 e. The molecule has 0 amide bonds. The number of nitrogens with one attached hydrogen (secondary N) is 1. The van der Waals surface area contributed by atoms with E-state index in [0.717, 1.165) is 28.1 Å². The van der Waals surface area contributed by atoms with Gasteiger partial charge in [0.2, 0.25) is 5.95 Å². The Morgan fingerprint density at radius 3 is 2.85 bits per heavy atom. The highest BCUT2D eigenvalue weighted by atomic mass is 32.1. The van der Waals surface area contributed by atoms with Crippen molar-refractivity contribution in [2.24, 2.45) is 0 Å². The maximum atomic E-state index is 6.66. The van der Waals surface area contributed by atoms with Crippen LogP contribution in [0.5, 0.6) is 17.2 Å². The molecule has 0 saturated heterocycles. The van der Waals surface area contributed by atoms with Gasteiger partial charge in [-0.25, -0.2) is 4.68 Å². The summed E-state index contributed by atoms with van der Waals surface area (Å²) < 4.78 is 20.0. The maximum Gasteiger partial charge on any atom is 0.226 e. The fourth-order valence-corrected chi connectivity index (χ4v) is 5.36. The van der Waals surface area contributed by atoms with E-state index in [9.17, 15) is 0 Å². The number of benzene rings is 2. The Hall–Kier alpha value is -3.78. The van der Waals surface area contributed by atoms with Gasteiger partial charge >= 0.3 is 0 Å². The van der Waals surface area contributed by atoms with E-state index in [1.807, 2.05) is 48.0 Å². The second-order valence-electron chi connectivity index (χ2n) is 7.74. The van der Waals surface area contributed by atoms with Gasteiger partial charge in [-0.05, 0) is 42.6 Å². The molecule has 2 aromatic heterocycles. The number of rotatable bonds is 5. The molecule has 8 heteroatoms. The molecule has 33 heavy (non-hydrogen) atoms. The van der Waals surface area contributed by atoms with Gasteiger partial charge in [-0.15, -0.1) is 11.3 Å². The summed E-state index contributed by atoms with van der Waals surface area (Å²) in [6.45, 7) is 2.53. The minimum atomic E-state index is -0.351. The Kier molecular flexibility index (Phi) is 4.80. The Bertz CT molecular complexity index is 1350. The molecule has 2 aliphatic rings. The van der Waals surface area contributed by atoms with E-state index in [-0.39, 0.29) is 12.1 Å². The van der Waals surface area contributed by atoms with Crippen molar-refractivity contribution in [2.75, 3.05) is 19.0 Å². The lowest BCUT2D eigenvalue weighted by Gasteiger charge is -2.38. The molecule has 0 fully saturated rings. The zero-order valence-corrected chi connectivity index (χ0v) is 19.0. The second-order valence-corrected chi connectivity index (χ2v) is 8.72. The first-order chi connectivity index (χ1) is 16.3. The van der Waals surface area contributed by atoms with Crippen LogP contribution < -0.4 is 19.5 Å². The molecule has 2 aliphatic heterocycles. The normalized spacial score (nSPS) is 18.5. The molecule has 2 atom stereocenters. The molecule has 2 aromatic carbocycles. The minimum absolute atomic E-state index is 0.144. The van der Waals surface area contributed by atoms with Crippen LogP contribution in [0.15, 0.2) is 71.9 Å². The molecular weight excluding hydrogens is 436 g/mol. The lowest BCUT2D eigenvalue weighted by molar-refractivity contribution is 0.222. The molecule has 0 aliphatic carbocycles. The number of hydrogen-bond acceptors (Lipinski definition) is 7. The van der Waals surface area contributed by atoms with E-state index in [1.54, 1.807) is 24.8 Å². The summed E-state index contributed by atoms with van der Waals surface area (Å²) in [7, 11) is 1.65. The number of aromatic nitrogens is 3. The standard InChI is InChI=1S/C25H22N4O3S/c1-3-31-18-11-10-15(13-19(18)30-2)24-21-22(16-7-4-5-8-17(16)32-24)28-25-26-14-27-29(25)23(21)20-9-6-12-33-20/h4-14,23-24H,3H2,1-2H3,(H,26,27,28)/t23-,24-/m1/s1. The number of ether oxygens (including phenoxy) is 3. The van der Waals surface area contributed by atoms with Crippen LogP contribution in [0.1, 0.15) is 35.1 Å². The molecule has 4 aromatic rings. The van der Waals surface area contributed by atoms with Crippen LogP contribution in [0.2, 0.25) is 0 Å². The van der Waals surface area contributed by atoms with Gasteiger partial charge in [-0.3, -0.25) is 0 Å². The largest absolute Gasteiger partial charge is 0.493 e. The maximum absolute atomic E-state index is 6.66. The quantitative estimate of drug-likeness (QED) is 0.437. The first-order valence-electron chi connectivity index (χ1n) is 10.8. The lowest BCUT2D eigenvalue weighted by atomic mass is 9.87. The first-order valence-corrected chi connectivity index (χ1v) is 11.7. The average Bonchev–Trinajstić information content (AvgIpc) is 3.55. The molecule has 0 radical (unpaired) electrons. The summed E-state index contributed by atoms with van der Waals surface area (Å²) in [6.07, 6.45) is 1.24. The Balaban J connectivity index is 1.57. The number of para-hydroxylation sites is 1. The van der Waals surface area contributed by atoms with E-state index in [4.69, 9.17) is 14.2 Å². The molecular formula is C25H22N4O3S.